The first-order valence-corrected chi connectivity index (χ1v) is 9.66. The maximum absolute atomic E-state index is 13.2. The van der Waals surface area contributed by atoms with E-state index in [2.05, 4.69) is 10.6 Å². The second-order valence-corrected chi connectivity index (χ2v) is 7.19. The number of carbonyl (C=O) groups is 2. The SMILES string of the molecule is CCCN(CC(=O)Nc1ccc(Cl)cc1Cl)CC(=O)Nc1ccc(F)cc1[N+](=O)[O-]. The number of amides is 2. The van der Waals surface area contributed by atoms with E-state index >= 15 is 0 Å². The number of halogens is 3. The molecule has 8 nitrogen and oxygen atoms in total. The van der Waals surface area contributed by atoms with Crippen LogP contribution in [0.5, 0.6) is 0 Å². The third-order valence-corrected chi connectivity index (χ3v) is 4.46. The summed E-state index contributed by atoms with van der Waals surface area (Å²) in [6.07, 6.45) is 0.666. The van der Waals surface area contributed by atoms with E-state index in [1.165, 1.54) is 6.07 Å². The lowest BCUT2D eigenvalue weighted by molar-refractivity contribution is -0.384. The standard InChI is InChI=1S/C19H19Cl2FN4O4/c1-2-7-25(10-18(27)23-15-5-3-12(20)8-14(15)21)11-19(28)24-16-6-4-13(22)9-17(16)26(29)30/h3-6,8-9H,2,7,10-11H2,1H3,(H,23,27)(H,24,28). The Morgan fingerprint density at radius 2 is 1.67 bits per heavy atom. The quantitative estimate of drug-likeness (QED) is 0.431. The number of nitro groups is 1. The highest BCUT2D eigenvalue weighted by Gasteiger charge is 2.19. The van der Waals surface area contributed by atoms with Gasteiger partial charge >= 0.3 is 0 Å². The molecule has 30 heavy (non-hydrogen) atoms. The van der Waals surface area contributed by atoms with Crippen LogP contribution in [-0.4, -0.2) is 41.3 Å². The van der Waals surface area contributed by atoms with Crippen molar-refractivity contribution >= 4 is 52.1 Å². The van der Waals surface area contributed by atoms with Gasteiger partial charge in [-0.1, -0.05) is 30.1 Å². The predicted octanol–water partition coefficient (Wildman–Crippen LogP) is 4.33. The van der Waals surface area contributed by atoms with Crippen molar-refractivity contribution in [1.29, 1.82) is 0 Å². The summed E-state index contributed by atoms with van der Waals surface area (Å²) in [5.41, 5.74) is -0.297. The van der Waals surface area contributed by atoms with Gasteiger partial charge in [0.2, 0.25) is 11.8 Å². The summed E-state index contributed by atoms with van der Waals surface area (Å²) in [6, 6.07) is 7.48. The number of carbonyl (C=O) groups excluding carboxylic acids is 2. The first-order chi connectivity index (χ1) is 14.2. The van der Waals surface area contributed by atoms with Gasteiger partial charge in [0, 0.05) is 5.02 Å². The second kappa shape index (κ2) is 10.9. The molecule has 2 aromatic carbocycles. The molecule has 0 heterocycles. The highest BCUT2D eigenvalue weighted by molar-refractivity contribution is 6.36. The molecule has 2 N–H and O–H groups in total. The van der Waals surface area contributed by atoms with E-state index in [1.807, 2.05) is 6.92 Å². The summed E-state index contributed by atoms with van der Waals surface area (Å²) in [5, 5.41) is 16.8. The number of benzene rings is 2. The summed E-state index contributed by atoms with van der Waals surface area (Å²) in [5.74, 6) is -1.76. The summed E-state index contributed by atoms with van der Waals surface area (Å²) in [4.78, 5) is 36.5. The van der Waals surface area contributed by atoms with Gasteiger partial charge in [0.25, 0.3) is 5.69 Å². The van der Waals surface area contributed by atoms with Crippen LogP contribution in [0, 0.1) is 15.9 Å². The molecule has 0 aliphatic carbocycles. The Kier molecular flexibility index (Phi) is 8.52. The monoisotopic (exact) mass is 456 g/mol. The molecule has 0 spiro atoms. The summed E-state index contributed by atoms with van der Waals surface area (Å²) < 4.78 is 13.2. The van der Waals surface area contributed by atoms with Crippen molar-refractivity contribution in [2.45, 2.75) is 13.3 Å². The van der Waals surface area contributed by atoms with Crippen LogP contribution in [-0.2, 0) is 9.59 Å². The Hall–Kier alpha value is -2.75. The lowest BCUT2D eigenvalue weighted by Crippen LogP contribution is -2.39. The van der Waals surface area contributed by atoms with Crippen molar-refractivity contribution in [3.8, 4) is 0 Å². The lowest BCUT2D eigenvalue weighted by Gasteiger charge is -2.20. The van der Waals surface area contributed by atoms with Crippen molar-refractivity contribution in [2.75, 3.05) is 30.3 Å². The molecular weight excluding hydrogens is 438 g/mol. The highest BCUT2D eigenvalue weighted by atomic mass is 35.5. The van der Waals surface area contributed by atoms with Crippen molar-refractivity contribution in [3.05, 3.63) is 62.4 Å². The molecule has 160 valence electrons. The number of hydrogen-bond acceptors (Lipinski definition) is 5. The number of hydrogen-bond donors (Lipinski definition) is 2. The van der Waals surface area contributed by atoms with E-state index in [4.69, 9.17) is 23.2 Å². The zero-order valence-corrected chi connectivity index (χ0v) is 17.5. The molecule has 0 unspecified atom stereocenters. The molecule has 0 saturated carbocycles. The Bertz CT molecular complexity index is 958. The van der Waals surface area contributed by atoms with Crippen molar-refractivity contribution in [1.82, 2.24) is 4.90 Å². The first kappa shape index (κ1) is 23.5. The molecule has 0 fully saturated rings. The van der Waals surface area contributed by atoms with Gasteiger partial charge in [-0.3, -0.25) is 24.6 Å². The van der Waals surface area contributed by atoms with Gasteiger partial charge in [-0.05, 0) is 43.3 Å². The topological polar surface area (TPSA) is 105 Å². The Morgan fingerprint density at radius 1 is 1.07 bits per heavy atom. The first-order valence-electron chi connectivity index (χ1n) is 8.90. The van der Waals surface area contributed by atoms with Gasteiger partial charge < -0.3 is 10.6 Å². The molecule has 0 radical (unpaired) electrons. The fourth-order valence-corrected chi connectivity index (χ4v) is 3.12. The third-order valence-electron chi connectivity index (χ3n) is 3.91. The predicted molar refractivity (Wildman–Crippen MR) is 114 cm³/mol. The van der Waals surface area contributed by atoms with E-state index < -0.39 is 28.2 Å². The lowest BCUT2D eigenvalue weighted by atomic mass is 10.2. The van der Waals surface area contributed by atoms with E-state index in [0.29, 0.717) is 23.7 Å². The molecule has 11 heteroatoms. The van der Waals surface area contributed by atoms with Crippen molar-refractivity contribution in [3.63, 3.8) is 0 Å². The maximum Gasteiger partial charge on any atom is 0.295 e. The second-order valence-electron chi connectivity index (χ2n) is 6.35. The zero-order chi connectivity index (χ0) is 22.3. The minimum absolute atomic E-state index is 0.105. The summed E-state index contributed by atoms with van der Waals surface area (Å²) >= 11 is 11.9. The van der Waals surface area contributed by atoms with Crippen LogP contribution >= 0.6 is 23.2 Å². The van der Waals surface area contributed by atoms with Gasteiger partial charge in [0.05, 0.1) is 34.8 Å². The minimum Gasteiger partial charge on any atom is -0.324 e. The van der Waals surface area contributed by atoms with Crippen molar-refractivity contribution < 1.29 is 18.9 Å². The van der Waals surface area contributed by atoms with Gasteiger partial charge in [0.1, 0.15) is 11.5 Å². The van der Waals surface area contributed by atoms with Crippen LogP contribution in [0.1, 0.15) is 13.3 Å². The van der Waals surface area contributed by atoms with Gasteiger partial charge in [0.15, 0.2) is 0 Å². The average molecular weight is 457 g/mol. The molecule has 0 bridgehead atoms. The Balaban J connectivity index is 2.02. The maximum atomic E-state index is 13.2. The number of anilines is 2. The molecule has 0 aliphatic heterocycles. The normalized spacial score (nSPS) is 10.7. The third kappa shape index (κ3) is 6.94. The average Bonchev–Trinajstić information content (AvgIpc) is 2.65. The summed E-state index contributed by atoms with van der Waals surface area (Å²) in [6.45, 7) is 2.01. The number of nitrogens with one attached hydrogen (secondary N) is 2. The molecule has 2 rings (SSSR count). The summed E-state index contributed by atoms with van der Waals surface area (Å²) in [7, 11) is 0. The molecule has 2 amide bonds. The van der Waals surface area contributed by atoms with Crippen LogP contribution in [0.2, 0.25) is 10.0 Å². The van der Waals surface area contributed by atoms with Crippen LogP contribution < -0.4 is 10.6 Å². The Labute approximate surface area is 182 Å². The molecule has 0 atom stereocenters. The Morgan fingerprint density at radius 3 is 2.23 bits per heavy atom. The van der Waals surface area contributed by atoms with Crippen molar-refractivity contribution in [2.24, 2.45) is 0 Å². The number of rotatable bonds is 9. The molecule has 0 aromatic heterocycles. The van der Waals surface area contributed by atoms with E-state index in [1.54, 1.807) is 17.0 Å². The smallest absolute Gasteiger partial charge is 0.295 e. The van der Waals surface area contributed by atoms with E-state index in [9.17, 15) is 24.1 Å². The molecule has 0 saturated heterocycles. The highest BCUT2D eigenvalue weighted by Crippen LogP contribution is 2.26. The zero-order valence-electron chi connectivity index (χ0n) is 16.0. The fourth-order valence-electron chi connectivity index (χ4n) is 2.67. The van der Waals surface area contributed by atoms with Crippen LogP contribution in [0.3, 0.4) is 0 Å². The molecular formula is C19H19Cl2FN4O4. The van der Waals surface area contributed by atoms with E-state index in [0.717, 1.165) is 18.2 Å². The van der Waals surface area contributed by atoms with Crippen LogP contribution in [0.25, 0.3) is 0 Å². The number of nitro benzene ring substituents is 1. The van der Waals surface area contributed by atoms with Crippen LogP contribution in [0.15, 0.2) is 36.4 Å². The minimum atomic E-state index is -0.787. The van der Waals surface area contributed by atoms with Crippen LogP contribution in [0.4, 0.5) is 21.5 Å². The molecule has 0 aliphatic rings. The largest absolute Gasteiger partial charge is 0.324 e. The number of nitrogens with zero attached hydrogens (tertiary/aromatic N) is 2. The fraction of sp³-hybridized carbons (Fsp3) is 0.263. The van der Waals surface area contributed by atoms with Gasteiger partial charge in [-0.25, -0.2) is 4.39 Å². The van der Waals surface area contributed by atoms with E-state index in [-0.39, 0.29) is 23.8 Å². The van der Waals surface area contributed by atoms with Gasteiger partial charge in [-0.15, -0.1) is 0 Å². The van der Waals surface area contributed by atoms with Gasteiger partial charge in [-0.2, -0.15) is 0 Å². The molecule has 2 aromatic rings.